The minimum atomic E-state index is -0.580. The van der Waals surface area contributed by atoms with Gasteiger partial charge in [0.2, 0.25) is 11.7 Å². The number of amidine groups is 1. The number of nitrogens with two attached hydrogens (primary N) is 1. The average molecular weight is 381 g/mol. The molecule has 1 amide bonds. The van der Waals surface area contributed by atoms with Crippen LogP contribution in [0.5, 0.6) is 0 Å². The fourth-order valence-electron chi connectivity index (χ4n) is 2.38. The van der Waals surface area contributed by atoms with Gasteiger partial charge >= 0.3 is 0 Å². The van der Waals surface area contributed by atoms with Gasteiger partial charge in [0, 0.05) is 6.42 Å². The second kappa shape index (κ2) is 8.42. The Morgan fingerprint density at radius 2 is 1.96 bits per heavy atom. The number of amides is 1. The number of hydrogen-bond donors (Lipinski definition) is 2. The van der Waals surface area contributed by atoms with Crippen LogP contribution < -0.4 is 16.5 Å². The van der Waals surface area contributed by atoms with Gasteiger partial charge in [0.25, 0.3) is 0 Å². The molecule has 10 heteroatoms. The third kappa shape index (κ3) is 4.59. The number of hydrogen-bond acceptors (Lipinski definition) is 5. The molecule has 0 aliphatic carbocycles. The first-order valence-electron chi connectivity index (χ1n) is 8.19. The Balaban J connectivity index is 1.69. The number of aromatic nitrogens is 2. The van der Waals surface area contributed by atoms with Gasteiger partial charge in [-0.2, -0.15) is 0 Å². The third-order valence-electron chi connectivity index (χ3n) is 3.80. The molecule has 1 aromatic heterocycles. The molecule has 3 N–H and O–H groups in total. The maximum atomic E-state index is 13.6. The summed E-state index contributed by atoms with van der Waals surface area (Å²) < 4.78 is 31.4. The minimum Gasteiger partial charge on any atom is -0.382 e. The number of carbonyl (C=O) groups is 1. The predicted molar refractivity (Wildman–Crippen MR) is 99.8 cm³/mol. The Hall–Kier alpha value is -3.56. The lowest BCUT2D eigenvalue weighted by molar-refractivity contribution is -0.116. The molecule has 0 aliphatic heterocycles. The highest BCUT2D eigenvalue weighted by molar-refractivity contribution is 6.32. The van der Waals surface area contributed by atoms with E-state index in [1.54, 1.807) is 18.2 Å². The molecule has 3 aromatic rings. The van der Waals surface area contributed by atoms with Crippen LogP contribution in [0, 0.1) is 11.6 Å². The van der Waals surface area contributed by atoms with Gasteiger partial charge in [-0.15, -0.1) is 0 Å². The van der Waals surface area contributed by atoms with Crippen LogP contribution in [0.15, 0.2) is 52.1 Å². The standard InChI is InChI=1S/C18H14BF2N5O2/c19-12-9-11(6-7-14(12)21)23-17(22)16-18(26-28-25-16)24-15(27)8-5-10-3-1-2-4-13(10)20/h1-4,6-7,9H,5,8H2,(H2,22,23)(H,24,26,27). The van der Waals surface area contributed by atoms with E-state index in [0.717, 1.165) is 6.07 Å². The Kier molecular flexibility index (Phi) is 5.78. The molecule has 0 saturated heterocycles. The molecular formula is C18H14BF2N5O2. The van der Waals surface area contributed by atoms with Gasteiger partial charge in [-0.05, 0) is 46.6 Å². The van der Waals surface area contributed by atoms with E-state index in [-0.39, 0.29) is 47.2 Å². The summed E-state index contributed by atoms with van der Waals surface area (Å²) in [5.74, 6) is -1.54. The monoisotopic (exact) mass is 381 g/mol. The third-order valence-corrected chi connectivity index (χ3v) is 3.80. The van der Waals surface area contributed by atoms with E-state index in [0.29, 0.717) is 5.56 Å². The topological polar surface area (TPSA) is 106 Å². The van der Waals surface area contributed by atoms with E-state index in [1.165, 1.54) is 18.2 Å². The Morgan fingerprint density at radius 3 is 2.71 bits per heavy atom. The molecule has 3 rings (SSSR count). The van der Waals surface area contributed by atoms with E-state index in [4.69, 9.17) is 13.6 Å². The van der Waals surface area contributed by atoms with Crippen molar-refractivity contribution in [2.24, 2.45) is 10.7 Å². The van der Waals surface area contributed by atoms with E-state index < -0.39 is 11.7 Å². The lowest BCUT2D eigenvalue weighted by atomic mass is 9.95. The van der Waals surface area contributed by atoms with Gasteiger partial charge in [0.1, 0.15) is 19.5 Å². The highest BCUT2D eigenvalue weighted by atomic mass is 19.1. The van der Waals surface area contributed by atoms with E-state index in [2.05, 4.69) is 25.3 Å². The average Bonchev–Trinajstić information content (AvgIpc) is 3.12. The summed E-state index contributed by atoms with van der Waals surface area (Å²) in [6.45, 7) is 0. The Morgan fingerprint density at radius 1 is 1.18 bits per heavy atom. The Bertz CT molecular complexity index is 1040. The predicted octanol–water partition coefficient (Wildman–Crippen LogP) is 1.75. The SMILES string of the molecule is [B]c1cc(N=C(N)c2nonc2NC(=O)CCc2ccccc2F)ccc1F. The van der Waals surface area contributed by atoms with Gasteiger partial charge < -0.3 is 11.1 Å². The summed E-state index contributed by atoms with van der Waals surface area (Å²) in [4.78, 5) is 16.2. The number of carbonyl (C=O) groups excluding carboxylic acids is 1. The summed E-state index contributed by atoms with van der Waals surface area (Å²) in [6.07, 6.45) is 0.219. The first-order valence-corrected chi connectivity index (χ1v) is 8.19. The van der Waals surface area contributed by atoms with Crippen molar-refractivity contribution in [1.29, 1.82) is 0 Å². The van der Waals surface area contributed by atoms with Crippen LogP contribution in [0.2, 0.25) is 0 Å². The number of nitrogens with zero attached hydrogens (tertiary/aromatic N) is 3. The number of aryl methyl sites for hydroxylation is 1. The molecular weight excluding hydrogens is 367 g/mol. The minimum absolute atomic E-state index is 0.00198. The number of nitrogens with one attached hydrogen (secondary N) is 1. The summed E-state index contributed by atoms with van der Waals surface area (Å²) in [7, 11) is 5.49. The van der Waals surface area contributed by atoms with Gasteiger partial charge in [-0.3, -0.25) is 4.79 Å². The highest BCUT2D eigenvalue weighted by Gasteiger charge is 2.17. The number of benzene rings is 2. The second-order valence-corrected chi connectivity index (χ2v) is 5.80. The van der Waals surface area contributed by atoms with Crippen molar-refractivity contribution in [2.75, 3.05) is 5.32 Å². The molecule has 0 atom stereocenters. The fraction of sp³-hybridized carbons (Fsp3) is 0.111. The van der Waals surface area contributed by atoms with Gasteiger partial charge in [-0.1, -0.05) is 23.7 Å². The van der Waals surface area contributed by atoms with Crippen molar-refractivity contribution in [3.8, 4) is 0 Å². The van der Waals surface area contributed by atoms with Crippen LogP contribution in [0.25, 0.3) is 0 Å². The number of aliphatic imine (C=N–C) groups is 1. The normalized spacial score (nSPS) is 11.4. The zero-order valence-corrected chi connectivity index (χ0v) is 14.5. The van der Waals surface area contributed by atoms with Gasteiger partial charge in [0.05, 0.1) is 5.69 Å². The molecule has 2 radical (unpaired) electrons. The molecule has 2 aromatic carbocycles. The number of halogens is 2. The molecule has 140 valence electrons. The van der Waals surface area contributed by atoms with Crippen LogP contribution in [0.3, 0.4) is 0 Å². The molecule has 0 bridgehead atoms. The quantitative estimate of drug-likeness (QED) is 0.384. The van der Waals surface area contributed by atoms with Gasteiger partial charge in [-0.25, -0.2) is 18.4 Å². The van der Waals surface area contributed by atoms with Crippen molar-refractivity contribution in [3.05, 3.63) is 65.4 Å². The van der Waals surface area contributed by atoms with Crippen molar-refractivity contribution < 1.29 is 18.2 Å². The van der Waals surface area contributed by atoms with E-state index in [9.17, 15) is 13.6 Å². The summed E-state index contributed by atoms with van der Waals surface area (Å²) >= 11 is 0. The van der Waals surface area contributed by atoms with Crippen LogP contribution in [-0.4, -0.2) is 29.9 Å². The molecule has 1 heterocycles. The molecule has 0 spiro atoms. The number of rotatable bonds is 6. The summed E-state index contributed by atoms with van der Waals surface area (Å²) in [5, 5.41) is 9.69. The Labute approximate surface area is 160 Å². The van der Waals surface area contributed by atoms with Crippen molar-refractivity contribution in [3.63, 3.8) is 0 Å². The maximum absolute atomic E-state index is 13.6. The van der Waals surface area contributed by atoms with Crippen molar-refractivity contribution in [1.82, 2.24) is 10.3 Å². The second-order valence-electron chi connectivity index (χ2n) is 5.80. The lowest BCUT2D eigenvalue weighted by Crippen LogP contribution is -2.19. The molecule has 0 saturated carbocycles. The van der Waals surface area contributed by atoms with Crippen LogP contribution in [0.4, 0.5) is 20.3 Å². The van der Waals surface area contributed by atoms with Crippen molar-refractivity contribution in [2.45, 2.75) is 12.8 Å². The molecule has 28 heavy (non-hydrogen) atoms. The first kappa shape index (κ1) is 19.2. The molecule has 0 aliphatic rings. The van der Waals surface area contributed by atoms with Gasteiger partial charge in [0.15, 0.2) is 11.5 Å². The lowest BCUT2D eigenvalue weighted by Gasteiger charge is -2.05. The zero-order chi connectivity index (χ0) is 20.1. The first-order chi connectivity index (χ1) is 13.4. The van der Waals surface area contributed by atoms with E-state index >= 15 is 0 Å². The zero-order valence-electron chi connectivity index (χ0n) is 14.5. The van der Waals surface area contributed by atoms with Crippen LogP contribution in [-0.2, 0) is 11.2 Å². The van der Waals surface area contributed by atoms with Crippen molar-refractivity contribution >= 4 is 36.6 Å². The maximum Gasteiger partial charge on any atom is 0.226 e. The molecule has 7 nitrogen and oxygen atoms in total. The van der Waals surface area contributed by atoms with Crippen LogP contribution in [0.1, 0.15) is 17.7 Å². The summed E-state index contributed by atoms with van der Waals surface area (Å²) in [5.41, 5.74) is 6.50. The molecule has 0 unspecified atom stereocenters. The number of anilines is 1. The fourth-order valence-corrected chi connectivity index (χ4v) is 2.38. The largest absolute Gasteiger partial charge is 0.382 e. The smallest absolute Gasteiger partial charge is 0.226 e. The van der Waals surface area contributed by atoms with Crippen LogP contribution >= 0.6 is 0 Å². The highest BCUT2D eigenvalue weighted by Crippen LogP contribution is 2.16. The van der Waals surface area contributed by atoms with E-state index in [1.807, 2.05) is 0 Å². The molecule has 0 fully saturated rings. The summed E-state index contributed by atoms with van der Waals surface area (Å²) in [6, 6.07) is 10.0.